The molecule has 110 valence electrons. The fourth-order valence-electron chi connectivity index (χ4n) is 3.58. The van der Waals surface area contributed by atoms with Gasteiger partial charge in [0.25, 0.3) is 5.91 Å². The summed E-state index contributed by atoms with van der Waals surface area (Å²) in [6.45, 7) is 1.61. The van der Waals surface area contributed by atoms with Crippen LogP contribution in [0.5, 0.6) is 0 Å². The van der Waals surface area contributed by atoms with Gasteiger partial charge in [0.2, 0.25) is 5.91 Å². The first-order valence-electron chi connectivity index (χ1n) is 7.61. The zero-order chi connectivity index (χ0) is 14.4. The molecule has 6 nitrogen and oxygen atoms in total. The molecule has 1 aromatic rings. The molecule has 6 heteroatoms. The molecule has 1 saturated carbocycles. The molecule has 1 aliphatic carbocycles. The Morgan fingerprint density at radius 1 is 1.24 bits per heavy atom. The maximum Gasteiger partial charge on any atom is 0.255 e. The quantitative estimate of drug-likeness (QED) is 0.820. The first-order valence-corrected chi connectivity index (χ1v) is 7.61. The van der Waals surface area contributed by atoms with E-state index in [1.54, 1.807) is 6.07 Å². The van der Waals surface area contributed by atoms with E-state index < -0.39 is 0 Å². The second-order valence-corrected chi connectivity index (χ2v) is 6.25. The van der Waals surface area contributed by atoms with Crippen molar-refractivity contribution < 1.29 is 9.59 Å². The minimum Gasteiger partial charge on any atom is -0.337 e. The van der Waals surface area contributed by atoms with Gasteiger partial charge in [0.1, 0.15) is 0 Å². The van der Waals surface area contributed by atoms with Crippen LogP contribution in [0.3, 0.4) is 0 Å². The fourth-order valence-corrected chi connectivity index (χ4v) is 3.58. The second-order valence-electron chi connectivity index (χ2n) is 6.25. The van der Waals surface area contributed by atoms with Crippen molar-refractivity contribution in [1.29, 1.82) is 0 Å². The Kier molecular flexibility index (Phi) is 2.90. The smallest absolute Gasteiger partial charge is 0.255 e. The van der Waals surface area contributed by atoms with Gasteiger partial charge in [-0.25, -0.2) is 0 Å². The Balaban J connectivity index is 1.52. The molecule has 0 aromatic carbocycles. The molecule has 3 fully saturated rings. The van der Waals surface area contributed by atoms with Crippen LogP contribution in [0.2, 0.25) is 0 Å². The average Bonchev–Trinajstić information content (AvgIpc) is 3.16. The zero-order valence-electron chi connectivity index (χ0n) is 11.8. The van der Waals surface area contributed by atoms with Crippen LogP contribution in [0.1, 0.15) is 36.0 Å². The molecule has 3 heterocycles. The number of rotatable bonds is 3. The highest BCUT2D eigenvalue weighted by atomic mass is 16.2. The Labute approximate surface area is 123 Å². The van der Waals surface area contributed by atoms with Gasteiger partial charge in [-0.3, -0.25) is 9.59 Å². The van der Waals surface area contributed by atoms with Crippen LogP contribution in [-0.2, 0) is 4.79 Å². The molecule has 2 saturated heterocycles. The SMILES string of the molecule is O=C1C[C@@H]2[C@@H](CCN2C(=O)c2ccnnc2)N1CC1CC1. The molecule has 2 amide bonds. The summed E-state index contributed by atoms with van der Waals surface area (Å²) in [5, 5.41) is 7.47. The highest BCUT2D eigenvalue weighted by Gasteiger charge is 2.49. The monoisotopic (exact) mass is 286 g/mol. The lowest BCUT2D eigenvalue weighted by molar-refractivity contribution is -0.129. The summed E-state index contributed by atoms with van der Waals surface area (Å²) >= 11 is 0. The van der Waals surface area contributed by atoms with Gasteiger partial charge < -0.3 is 9.80 Å². The summed E-state index contributed by atoms with van der Waals surface area (Å²) in [5.74, 6) is 0.877. The van der Waals surface area contributed by atoms with Crippen molar-refractivity contribution in [1.82, 2.24) is 20.0 Å². The maximum atomic E-state index is 12.6. The predicted octanol–water partition coefficient (Wildman–Crippen LogP) is 0.702. The average molecular weight is 286 g/mol. The van der Waals surface area contributed by atoms with Crippen molar-refractivity contribution >= 4 is 11.8 Å². The minimum atomic E-state index is -0.0292. The molecule has 0 N–H and O–H groups in total. The van der Waals surface area contributed by atoms with E-state index in [0.29, 0.717) is 17.9 Å². The van der Waals surface area contributed by atoms with E-state index in [2.05, 4.69) is 10.2 Å². The van der Waals surface area contributed by atoms with Crippen LogP contribution >= 0.6 is 0 Å². The summed E-state index contributed by atoms with van der Waals surface area (Å²) in [6, 6.07) is 1.94. The van der Waals surface area contributed by atoms with Crippen molar-refractivity contribution in [3.05, 3.63) is 24.0 Å². The first-order chi connectivity index (χ1) is 10.2. The van der Waals surface area contributed by atoms with Gasteiger partial charge in [-0.15, -0.1) is 0 Å². The molecular weight excluding hydrogens is 268 g/mol. The lowest BCUT2D eigenvalue weighted by Crippen LogP contribution is -2.40. The lowest BCUT2D eigenvalue weighted by Gasteiger charge is -2.25. The molecule has 0 bridgehead atoms. The summed E-state index contributed by atoms with van der Waals surface area (Å²) in [7, 11) is 0. The molecule has 0 spiro atoms. The lowest BCUT2D eigenvalue weighted by atomic mass is 10.1. The molecular formula is C15H18N4O2. The number of carbonyl (C=O) groups excluding carboxylic acids is 2. The fraction of sp³-hybridized carbons (Fsp3) is 0.600. The van der Waals surface area contributed by atoms with Crippen molar-refractivity contribution in [3.63, 3.8) is 0 Å². The molecule has 0 radical (unpaired) electrons. The topological polar surface area (TPSA) is 66.4 Å². The Hall–Kier alpha value is -1.98. The van der Waals surface area contributed by atoms with E-state index in [4.69, 9.17) is 0 Å². The normalized spacial score (nSPS) is 28.1. The van der Waals surface area contributed by atoms with Crippen LogP contribution in [0.15, 0.2) is 18.5 Å². The third-order valence-electron chi connectivity index (χ3n) is 4.86. The largest absolute Gasteiger partial charge is 0.337 e. The molecule has 0 unspecified atom stereocenters. The zero-order valence-corrected chi connectivity index (χ0v) is 11.8. The van der Waals surface area contributed by atoms with Crippen LogP contribution < -0.4 is 0 Å². The van der Waals surface area contributed by atoms with E-state index in [0.717, 1.165) is 19.5 Å². The van der Waals surface area contributed by atoms with Crippen LogP contribution in [0.25, 0.3) is 0 Å². The number of hydrogen-bond acceptors (Lipinski definition) is 4. The van der Waals surface area contributed by atoms with Crippen molar-refractivity contribution in [2.24, 2.45) is 5.92 Å². The van der Waals surface area contributed by atoms with E-state index in [1.807, 2.05) is 9.80 Å². The van der Waals surface area contributed by atoms with Gasteiger partial charge >= 0.3 is 0 Å². The number of nitrogens with zero attached hydrogens (tertiary/aromatic N) is 4. The summed E-state index contributed by atoms with van der Waals surface area (Å²) in [4.78, 5) is 28.7. The van der Waals surface area contributed by atoms with E-state index in [9.17, 15) is 9.59 Å². The number of carbonyl (C=O) groups is 2. The maximum absolute atomic E-state index is 12.6. The Bertz CT molecular complexity index is 572. The van der Waals surface area contributed by atoms with E-state index in [1.165, 1.54) is 25.2 Å². The van der Waals surface area contributed by atoms with Crippen molar-refractivity contribution in [2.45, 2.75) is 37.8 Å². The number of aromatic nitrogens is 2. The van der Waals surface area contributed by atoms with Gasteiger partial charge in [0, 0.05) is 19.5 Å². The van der Waals surface area contributed by atoms with Crippen LogP contribution in [-0.4, -0.2) is 57.0 Å². The second kappa shape index (κ2) is 4.79. The minimum absolute atomic E-state index is 0.0292. The Morgan fingerprint density at radius 2 is 2.10 bits per heavy atom. The number of hydrogen-bond donors (Lipinski definition) is 0. The first kappa shape index (κ1) is 12.7. The molecule has 21 heavy (non-hydrogen) atoms. The standard InChI is InChI=1S/C15H18N4O2/c20-14-7-13-12(19(14)9-10-1-2-10)4-6-18(13)15(21)11-3-5-16-17-8-11/h3,5,8,10,12-13H,1-2,4,6-7,9H2/t12-,13-/m1/s1. The molecule has 3 aliphatic rings. The predicted molar refractivity (Wildman–Crippen MR) is 74.3 cm³/mol. The highest BCUT2D eigenvalue weighted by molar-refractivity contribution is 5.95. The van der Waals surface area contributed by atoms with Gasteiger partial charge in [0.05, 0.1) is 30.0 Å². The number of likely N-dealkylation sites (tertiary alicyclic amines) is 2. The third kappa shape index (κ3) is 2.18. The molecule has 1 aromatic heterocycles. The van der Waals surface area contributed by atoms with Crippen molar-refractivity contribution in [2.75, 3.05) is 13.1 Å². The summed E-state index contributed by atoms with van der Waals surface area (Å²) in [6.07, 6.45) is 6.88. The number of amides is 2. The summed E-state index contributed by atoms with van der Waals surface area (Å²) in [5.41, 5.74) is 0.554. The Morgan fingerprint density at radius 3 is 2.81 bits per heavy atom. The molecule has 4 rings (SSSR count). The van der Waals surface area contributed by atoms with E-state index >= 15 is 0 Å². The van der Waals surface area contributed by atoms with E-state index in [-0.39, 0.29) is 23.9 Å². The summed E-state index contributed by atoms with van der Waals surface area (Å²) < 4.78 is 0. The van der Waals surface area contributed by atoms with Crippen LogP contribution in [0.4, 0.5) is 0 Å². The number of fused-ring (bicyclic) bond motifs is 1. The molecule has 2 aliphatic heterocycles. The van der Waals surface area contributed by atoms with Gasteiger partial charge in [-0.1, -0.05) is 0 Å². The van der Waals surface area contributed by atoms with Gasteiger partial charge in [-0.2, -0.15) is 10.2 Å². The van der Waals surface area contributed by atoms with Crippen molar-refractivity contribution in [3.8, 4) is 0 Å². The van der Waals surface area contributed by atoms with Gasteiger partial charge in [0.15, 0.2) is 0 Å². The highest BCUT2D eigenvalue weighted by Crippen LogP contribution is 2.37. The van der Waals surface area contributed by atoms with Gasteiger partial charge in [-0.05, 0) is 31.2 Å². The third-order valence-corrected chi connectivity index (χ3v) is 4.86. The van der Waals surface area contributed by atoms with Crippen LogP contribution in [0, 0.1) is 5.92 Å². The molecule has 2 atom stereocenters.